The van der Waals surface area contributed by atoms with Crippen molar-refractivity contribution in [1.29, 1.82) is 0 Å². The van der Waals surface area contributed by atoms with E-state index in [-0.39, 0.29) is 6.04 Å². The summed E-state index contributed by atoms with van der Waals surface area (Å²) < 4.78 is 11.4. The quantitative estimate of drug-likeness (QED) is 0.732. The Morgan fingerprint density at radius 2 is 1.92 bits per heavy atom. The molecule has 0 amide bonds. The van der Waals surface area contributed by atoms with Gasteiger partial charge in [-0.05, 0) is 68.1 Å². The van der Waals surface area contributed by atoms with Gasteiger partial charge in [-0.1, -0.05) is 6.07 Å². The minimum atomic E-state index is 0.107. The van der Waals surface area contributed by atoms with E-state index in [1.54, 1.807) is 7.11 Å². The molecule has 2 aromatic carbocycles. The van der Waals surface area contributed by atoms with E-state index in [2.05, 4.69) is 48.4 Å². The second kappa shape index (κ2) is 6.69. The van der Waals surface area contributed by atoms with Gasteiger partial charge in [0.1, 0.15) is 11.5 Å². The first-order chi connectivity index (χ1) is 12.6. The minimum Gasteiger partial charge on any atom is -0.496 e. The van der Waals surface area contributed by atoms with E-state index < -0.39 is 0 Å². The number of ether oxygens (including phenoxy) is 2. The molecule has 4 nitrogen and oxygen atoms in total. The Kier molecular flexibility index (Phi) is 4.37. The molecule has 26 heavy (non-hydrogen) atoms. The number of aryl methyl sites for hydroxylation is 2. The fourth-order valence-electron chi connectivity index (χ4n) is 3.94. The Morgan fingerprint density at radius 1 is 1.12 bits per heavy atom. The van der Waals surface area contributed by atoms with Gasteiger partial charge in [-0.15, -0.1) is 0 Å². The predicted molar refractivity (Wildman–Crippen MR) is 105 cm³/mol. The van der Waals surface area contributed by atoms with Crippen molar-refractivity contribution in [1.82, 2.24) is 10.3 Å². The number of nitrogens with one attached hydrogen (secondary N) is 2. The number of rotatable bonds is 4. The van der Waals surface area contributed by atoms with Crippen molar-refractivity contribution in [3.05, 3.63) is 58.3 Å². The summed E-state index contributed by atoms with van der Waals surface area (Å²) >= 11 is 0. The summed E-state index contributed by atoms with van der Waals surface area (Å²) in [6.07, 6.45) is 1.01. The molecule has 1 aliphatic heterocycles. The molecule has 0 saturated heterocycles. The lowest BCUT2D eigenvalue weighted by Crippen LogP contribution is -2.30. The zero-order chi connectivity index (χ0) is 18.3. The molecule has 0 fully saturated rings. The second-order valence-electron chi connectivity index (χ2n) is 6.97. The van der Waals surface area contributed by atoms with Crippen molar-refractivity contribution < 1.29 is 9.47 Å². The molecule has 4 rings (SSSR count). The zero-order valence-electron chi connectivity index (χ0n) is 15.9. The number of methoxy groups -OCH3 is 1. The third-order valence-electron chi connectivity index (χ3n) is 5.39. The van der Waals surface area contributed by atoms with Crippen molar-refractivity contribution in [3.8, 4) is 11.5 Å². The maximum absolute atomic E-state index is 5.70. The highest BCUT2D eigenvalue weighted by Gasteiger charge is 2.28. The molecule has 0 radical (unpaired) electrons. The molecule has 3 aromatic rings. The molecule has 1 aromatic heterocycles. The first-order valence-electron chi connectivity index (χ1n) is 9.28. The lowest BCUT2D eigenvalue weighted by atomic mass is 9.92. The monoisotopic (exact) mass is 350 g/mol. The van der Waals surface area contributed by atoms with E-state index in [0.717, 1.165) is 30.0 Å². The van der Waals surface area contributed by atoms with Gasteiger partial charge in [-0.2, -0.15) is 0 Å². The van der Waals surface area contributed by atoms with Crippen LogP contribution < -0.4 is 14.8 Å². The fourth-order valence-corrected chi connectivity index (χ4v) is 3.94. The Hall–Kier alpha value is -2.46. The van der Waals surface area contributed by atoms with Gasteiger partial charge >= 0.3 is 0 Å². The molecule has 1 aliphatic rings. The Labute approximate surface area is 154 Å². The minimum absolute atomic E-state index is 0.107. The SMILES string of the molecule is CCOc1ccc2[nH]c3c(c2c1)CCNC3c1cc(C)c(C)cc1OC. The lowest BCUT2D eigenvalue weighted by molar-refractivity contribution is 0.340. The van der Waals surface area contributed by atoms with Gasteiger partial charge in [0.15, 0.2) is 0 Å². The summed E-state index contributed by atoms with van der Waals surface area (Å²) in [5, 5.41) is 4.94. The van der Waals surface area contributed by atoms with E-state index in [9.17, 15) is 0 Å². The molecule has 0 aliphatic carbocycles. The van der Waals surface area contributed by atoms with Gasteiger partial charge in [-0.25, -0.2) is 0 Å². The van der Waals surface area contributed by atoms with Crippen LogP contribution in [0.1, 0.15) is 40.9 Å². The first kappa shape index (κ1) is 17.0. The third-order valence-corrected chi connectivity index (χ3v) is 5.39. The van der Waals surface area contributed by atoms with Crippen LogP contribution in [0.4, 0.5) is 0 Å². The molecule has 0 bridgehead atoms. The van der Waals surface area contributed by atoms with Gasteiger partial charge in [0, 0.05) is 28.7 Å². The van der Waals surface area contributed by atoms with Crippen LogP contribution in [0.5, 0.6) is 11.5 Å². The van der Waals surface area contributed by atoms with Crippen LogP contribution >= 0.6 is 0 Å². The highest BCUT2D eigenvalue weighted by atomic mass is 16.5. The van der Waals surface area contributed by atoms with E-state index in [1.165, 1.54) is 33.3 Å². The summed E-state index contributed by atoms with van der Waals surface area (Å²) in [4.78, 5) is 3.65. The van der Waals surface area contributed by atoms with Gasteiger partial charge in [0.05, 0.1) is 19.8 Å². The molecule has 0 saturated carbocycles. The van der Waals surface area contributed by atoms with Gasteiger partial charge in [0.25, 0.3) is 0 Å². The lowest BCUT2D eigenvalue weighted by Gasteiger charge is -2.27. The van der Waals surface area contributed by atoms with Crippen LogP contribution in [0.2, 0.25) is 0 Å². The van der Waals surface area contributed by atoms with E-state index >= 15 is 0 Å². The molecular weight excluding hydrogens is 324 g/mol. The number of hydrogen-bond acceptors (Lipinski definition) is 3. The molecule has 4 heteroatoms. The Morgan fingerprint density at radius 3 is 2.69 bits per heavy atom. The standard InChI is InChI=1S/C22H26N2O2/c1-5-26-15-6-7-19-17(12-15)16-8-9-23-21(22(16)24-19)18-10-13(2)14(3)11-20(18)25-4/h6-7,10-12,21,23-24H,5,8-9H2,1-4H3. The molecule has 136 valence electrons. The number of aromatic nitrogens is 1. The number of aromatic amines is 1. The van der Waals surface area contributed by atoms with Crippen molar-refractivity contribution in [2.24, 2.45) is 0 Å². The zero-order valence-corrected chi connectivity index (χ0v) is 15.9. The Bertz CT molecular complexity index is 958. The maximum atomic E-state index is 5.70. The normalized spacial score (nSPS) is 16.5. The molecule has 2 heterocycles. The number of H-pyrrole nitrogens is 1. The van der Waals surface area contributed by atoms with Crippen LogP contribution in [-0.2, 0) is 6.42 Å². The van der Waals surface area contributed by atoms with Crippen molar-refractivity contribution in [3.63, 3.8) is 0 Å². The van der Waals surface area contributed by atoms with E-state index in [1.807, 2.05) is 13.0 Å². The molecule has 1 unspecified atom stereocenters. The van der Waals surface area contributed by atoms with E-state index in [4.69, 9.17) is 9.47 Å². The van der Waals surface area contributed by atoms with Crippen LogP contribution in [0.25, 0.3) is 10.9 Å². The van der Waals surface area contributed by atoms with Gasteiger partial charge in [-0.3, -0.25) is 0 Å². The second-order valence-corrected chi connectivity index (χ2v) is 6.97. The topological polar surface area (TPSA) is 46.3 Å². The van der Waals surface area contributed by atoms with E-state index in [0.29, 0.717) is 6.61 Å². The Balaban J connectivity index is 1.86. The molecule has 0 spiro atoms. The molecule has 2 N–H and O–H groups in total. The maximum Gasteiger partial charge on any atom is 0.124 e. The first-order valence-corrected chi connectivity index (χ1v) is 9.28. The average molecular weight is 350 g/mol. The van der Waals surface area contributed by atoms with Crippen molar-refractivity contribution >= 4 is 10.9 Å². The smallest absolute Gasteiger partial charge is 0.124 e. The number of hydrogen-bond donors (Lipinski definition) is 2. The third kappa shape index (κ3) is 2.74. The van der Waals surface area contributed by atoms with Crippen LogP contribution in [0, 0.1) is 13.8 Å². The summed E-state index contributed by atoms with van der Waals surface area (Å²) in [6.45, 7) is 7.92. The summed E-state index contributed by atoms with van der Waals surface area (Å²) in [6, 6.07) is 10.8. The molecule has 1 atom stereocenters. The highest BCUT2D eigenvalue weighted by molar-refractivity contribution is 5.86. The fraction of sp³-hybridized carbons (Fsp3) is 0.364. The summed E-state index contributed by atoms with van der Waals surface area (Å²) in [5.74, 6) is 1.87. The highest BCUT2D eigenvalue weighted by Crippen LogP contribution is 2.38. The predicted octanol–water partition coefficient (Wildman–Crippen LogP) is 4.43. The largest absolute Gasteiger partial charge is 0.496 e. The molecular formula is C22H26N2O2. The van der Waals surface area contributed by atoms with Crippen LogP contribution in [0.15, 0.2) is 30.3 Å². The van der Waals surface area contributed by atoms with Crippen LogP contribution in [-0.4, -0.2) is 25.2 Å². The van der Waals surface area contributed by atoms with Crippen molar-refractivity contribution in [2.75, 3.05) is 20.3 Å². The number of benzene rings is 2. The number of fused-ring (bicyclic) bond motifs is 3. The van der Waals surface area contributed by atoms with Crippen LogP contribution in [0.3, 0.4) is 0 Å². The summed E-state index contributed by atoms with van der Waals surface area (Å²) in [5.41, 5.74) is 7.50. The van der Waals surface area contributed by atoms with Gasteiger partial charge < -0.3 is 19.8 Å². The average Bonchev–Trinajstić information content (AvgIpc) is 3.02. The summed E-state index contributed by atoms with van der Waals surface area (Å²) in [7, 11) is 1.75. The van der Waals surface area contributed by atoms with Gasteiger partial charge in [0.2, 0.25) is 0 Å². The van der Waals surface area contributed by atoms with Crippen molar-refractivity contribution in [2.45, 2.75) is 33.2 Å².